The summed E-state index contributed by atoms with van der Waals surface area (Å²) in [6.07, 6.45) is 0. The van der Waals surface area contributed by atoms with Crippen LogP contribution in [0.3, 0.4) is 0 Å². The highest BCUT2D eigenvalue weighted by molar-refractivity contribution is 5.62. The maximum atomic E-state index is 9.00. The summed E-state index contributed by atoms with van der Waals surface area (Å²) < 4.78 is 0. The van der Waals surface area contributed by atoms with E-state index >= 15 is 0 Å². The van der Waals surface area contributed by atoms with Crippen molar-refractivity contribution in [2.75, 3.05) is 0 Å². The number of rotatable bonds is 0. The Morgan fingerprint density at radius 3 is 1.77 bits per heavy atom. The molecule has 0 fully saturated rings. The summed E-state index contributed by atoms with van der Waals surface area (Å²) in [5.74, 6) is -0.833. The fraction of sp³-hybridized carbons (Fsp3) is 0.400. The molecule has 13 heavy (non-hydrogen) atoms. The average molecular weight is 181 g/mol. The zero-order chi connectivity index (χ0) is 10.4. The Morgan fingerprint density at radius 1 is 1.23 bits per heavy atom. The standard InChI is InChI=1S/C8H11N.C2H4O2/c1-6-4-7(2)9-8(3)5-6;1-2(3)4/h4-5H,1-3H3;1H3,(H,3,4). The maximum Gasteiger partial charge on any atom is 0.300 e. The first kappa shape index (κ1) is 11.6. The van der Waals surface area contributed by atoms with E-state index in [-0.39, 0.29) is 0 Å². The molecule has 0 bridgehead atoms. The van der Waals surface area contributed by atoms with Crippen molar-refractivity contribution in [1.29, 1.82) is 0 Å². The van der Waals surface area contributed by atoms with Gasteiger partial charge in [0.2, 0.25) is 0 Å². The highest BCUT2D eigenvalue weighted by Crippen LogP contribution is 2.01. The molecule has 1 N–H and O–H groups in total. The Morgan fingerprint density at radius 2 is 1.54 bits per heavy atom. The maximum absolute atomic E-state index is 9.00. The fourth-order valence-electron chi connectivity index (χ4n) is 1.04. The van der Waals surface area contributed by atoms with Crippen LogP contribution in [0.15, 0.2) is 12.1 Å². The lowest BCUT2D eigenvalue weighted by Crippen LogP contribution is -1.85. The minimum Gasteiger partial charge on any atom is -0.481 e. The molecule has 1 aromatic rings. The van der Waals surface area contributed by atoms with Crippen molar-refractivity contribution in [1.82, 2.24) is 4.98 Å². The highest BCUT2D eigenvalue weighted by Gasteiger charge is 1.88. The third kappa shape index (κ3) is 7.00. The number of carboxylic acid groups (broad SMARTS) is 1. The van der Waals surface area contributed by atoms with E-state index in [1.165, 1.54) is 5.56 Å². The molecule has 3 nitrogen and oxygen atoms in total. The normalized spacial score (nSPS) is 8.62. The number of pyridine rings is 1. The molecule has 1 rings (SSSR count). The van der Waals surface area contributed by atoms with Gasteiger partial charge in [0.1, 0.15) is 0 Å². The van der Waals surface area contributed by atoms with Crippen LogP contribution in [0.25, 0.3) is 0 Å². The molecule has 0 atom stereocenters. The summed E-state index contributed by atoms with van der Waals surface area (Å²) in [6.45, 7) is 7.20. The molecule has 0 spiro atoms. The number of aromatic nitrogens is 1. The summed E-state index contributed by atoms with van der Waals surface area (Å²) in [5.41, 5.74) is 3.50. The van der Waals surface area contributed by atoms with Gasteiger partial charge >= 0.3 is 0 Å². The second-order valence-corrected chi connectivity index (χ2v) is 2.95. The third-order valence-corrected chi connectivity index (χ3v) is 1.23. The van der Waals surface area contributed by atoms with E-state index in [1.807, 2.05) is 13.8 Å². The van der Waals surface area contributed by atoms with Crippen LogP contribution in [0.5, 0.6) is 0 Å². The summed E-state index contributed by atoms with van der Waals surface area (Å²) in [6, 6.07) is 4.15. The van der Waals surface area contributed by atoms with Crippen LogP contribution in [0.1, 0.15) is 23.9 Å². The molecule has 0 saturated carbocycles. The number of carbonyl (C=O) groups is 1. The first-order valence-corrected chi connectivity index (χ1v) is 4.03. The summed E-state index contributed by atoms with van der Waals surface area (Å²) in [4.78, 5) is 13.2. The smallest absolute Gasteiger partial charge is 0.300 e. The van der Waals surface area contributed by atoms with Gasteiger partial charge in [-0.1, -0.05) is 0 Å². The van der Waals surface area contributed by atoms with Gasteiger partial charge in [-0.15, -0.1) is 0 Å². The SMILES string of the molecule is CC(=O)O.Cc1cc(C)nc(C)c1. The minimum absolute atomic E-state index is 0.833. The lowest BCUT2D eigenvalue weighted by molar-refractivity contribution is -0.134. The number of nitrogens with zero attached hydrogens (tertiary/aromatic N) is 1. The van der Waals surface area contributed by atoms with E-state index in [9.17, 15) is 0 Å². The molecular formula is C10H15NO2. The van der Waals surface area contributed by atoms with Gasteiger partial charge in [0, 0.05) is 18.3 Å². The van der Waals surface area contributed by atoms with Gasteiger partial charge in [0.25, 0.3) is 5.97 Å². The lowest BCUT2D eigenvalue weighted by atomic mass is 10.2. The molecule has 1 aromatic heterocycles. The van der Waals surface area contributed by atoms with Crippen LogP contribution >= 0.6 is 0 Å². The van der Waals surface area contributed by atoms with E-state index in [0.717, 1.165) is 18.3 Å². The van der Waals surface area contributed by atoms with Crippen LogP contribution < -0.4 is 0 Å². The van der Waals surface area contributed by atoms with Crippen molar-refractivity contribution in [3.63, 3.8) is 0 Å². The zero-order valence-corrected chi connectivity index (χ0v) is 8.46. The van der Waals surface area contributed by atoms with Crippen molar-refractivity contribution in [3.05, 3.63) is 29.1 Å². The first-order chi connectivity index (χ1) is 5.91. The van der Waals surface area contributed by atoms with Crippen molar-refractivity contribution in [2.24, 2.45) is 0 Å². The summed E-state index contributed by atoms with van der Waals surface area (Å²) in [5, 5.41) is 7.42. The van der Waals surface area contributed by atoms with Gasteiger partial charge < -0.3 is 5.11 Å². The van der Waals surface area contributed by atoms with Gasteiger partial charge in [-0.05, 0) is 38.5 Å². The number of aliphatic carboxylic acids is 1. The zero-order valence-electron chi connectivity index (χ0n) is 8.46. The average Bonchev–Trinajstić information content (AvgIpc) is 1.80. The van der Waals surface area contributed by atoms with E-state index in [2.05, 4.69) is 24.0 Å². The molecule has 0 amide bonds. The minimum atomic E-state index is -0.833. The summed E-state index contributed by atoms with van der Waals surface area (Å²) >= 11 is 0. The number of carboxylic acids is 1. The Labute approximate surface area is 78.4 Å². The molecule has 0 aliphatic rings. The molecule has 0 aliphatic carbocycles. The van der Waals surface area contributed by atoms with Crippen molar-refractivity contribution in [3.8, 4) is 0 Å². The number of hydrogen-bond donors (Lipinski definition) is 1. The molecule has 3 heteroatoms. The molecule has 0 saturated heterocycles. The van der Waals surface area contributed by atoms with Crippen LogP contribution in [0.4, 0.5) is 0 Å². The largest absolute Gasteiger partial charge is 0.481 e. The highest BCUT2D eigenvalue weighted by atomic mass is 16.4. The molecule has 72 valence electrons. The van der Waals surface area contributed by atoms with Crippen molar-refractivity contribution < 1.29 is 9.90 Å². The molecule has 1 heterocycles. The van der Waals surface area contributed by atoms with Gasteiger partial charge in [-0.3, -0.25) is 9.78 Å². The lowest BCUT2D eigenvalue weighted by Gasteiger charge is -1.96. The Balaban J connectivity index is 0.000000310. The topological polar surface area (TPSA) is 50.2 Å². The monoisotopic (exact) mass is 181 g/mol. The molecule has 0 aromatic carbocycles. The van der Waals surface area contributed by atoms with E-state index in [1.54, 1.807) is 0 Å². The van der Waals surface area contributed by atoms with Crippen LogP contribution in [-0.4, -0.2) is 16.1 Å². The van der Waals surface area contributed by atoms with Crippen molar-refractivity contribution >= 4 is 5.97 Å². The van der Waals surface area contributed by atoms with E-state index < -0.39 is 5.97 Å². The van der Waals surface area contributed by atoms with E-state index in [0.29, 0.717) is 0 Å². The van der Waals surface area contributed by atoms with Crippen LogP contribution in [-0.2, 0) is 4.79 Å². The molecule has 0 aliphatic heterocycles. The quantitative estimate of drug-likeness (QED) is 0.666. The molecule has 0 radical (unpaired) electrons. The van der Waals surface area contributed by atoms with Gasteiger partial charge in [0.05, 0.1) is 0 Å². The van der Waals surface area contributed by atoms with Gasteiger partial charge in [-0.25, -0.2) is 0 Å². The second-order valence-electron chi connectivity index (χ2n) is 2.95. The predicted molar refractivity (Wildman–Crippen MR) is 51.8 cm³/mol. The first-order valence-electron chi connectivity index (χ1n) is 4.03. The molecule has 0 unspecified atom stereocenters. The second kappa shape index (κ2) is 5.30. The third-order valence-electron chi connectivity index (χ3n) is 1.23. The fourth-order valence-corrected chi connectivity index (χ4v) is 1.04. The Hall–Kier alpha value is -1.38. The molecular weight excluding hydrogens is 166 g/mol. The predicted octanol–water partition coefficient (Wildman–Crippen LogP) is 2.10. The Kier molecular flexibility index (Phi) is 4.74. The van der Waals surface area contributed by atoms with Crippen molar-refractivity contribution in [2.45, 2.75) is 27.7 Å². The Bertz CT molecular complexity index is 240. The number of hydrogen-bond acceptors (Lipinski definition) is 2. The van der Waals surface area contributed by atoms with Crippen LogP contribution in [0.2, 0.25) is 0 Å². The van der Waals surface area contributed by atoms with E-state index in [4.69, 9.17) is 9.90 Å². The van der Waals surface area contributed by atoms with Gasteiger partial charge in [-0.2, -0.15) is 0 Å². The van der Waals surface area contributed by atoms with Crippen LogP contribution in [0, 0.1) is 20.8 Å². The van der Waals surface area contributed by atoms with Gasteiger partial charge in [0.15, 0.2) is 0 Å². The summed E-state index contributed by atoms with van der Waals surface area (Å²) in [7, 11) is 0. The number of aryl methyl sites for hydroxylation is 3.